The van der Waals surface area contributed by atoms with E-state index in [2.05, 4.69) is 9.97 Å². The summed E-state index contributed by atoms with van der Waals surface area (Å²) in [6, 6.07) is 13.5. The lowest BCUT2D eigenvalue weighted by Gasteiger charge is -2.33. The summed E-state index contributed by atoms with van der Waals surface area (Å²) in [5, 5.41) is 9.71. The molecule has 7 nitrogen and oxygen atoms in total. The van der Waals surface area contributed by atoms with E-state index >= 15 is 0 Å². The first-order valence-electron chi connectivity index (χ1n) is 10.5. The molecule has 2 aromatic heterocycles. The van der Waals surface area contributed by atoms with Crippen LogP contribution in [-0.2, 0) is 22.4 Å². The number of pyridine rings is 1. The van der Waals surface area contributed by atoms with Crippen molar-refractivity contribution in [1.82, 2.24) is 9.97 Å². The molecule has 0 unspecified atom stereocenters. The van der Waals surface area contributed by atoms with Gasteiger partial charge in [-0.1, -0.05) is 24.3 Å². The van der Waals surface area contributed by atoms with Crippen LogP contribution in [-0.4, -0.2) is 40.9 Å². The molecule has 3 aromatic rings. The second-order valence-corrected chi connectivity index (χ2v) is 7.87. The van der Waals surface area contributed by atoms with Gasteiger partial charge in [0.1, 0.15) is 5.76 Å². The Kier molecular flexibility index (Phi) is 6.32. The van der Waals surface area contributed by atoms with Crippen molar-refractivity contribution in [1.29, 1.82) is 0 Å². The molecule has 1 saturated heterocycles. The average molecular weight is 422 g/mol. The summed E-state index contributed by atoms with van der Waals surface area (Å²) in [4.78, 5) is 20.8. The van der Waals surface area contributed by atoms with E-state index < -0.39 is 11.4 Å². The minimum atomic E-state index is -0.775. The van der Waals surface area contributed by atoms with Crippen LogP contribution in [0.3, 0.4) is 0 Å². The molecule has 162 valence electrons. The van der Waals surface area contributed by atoms with Crippen LogP contribution in [0.5, 0.6) is 5.88 Å². The largest absolute Gasteiger partial charge is 0.481 e. The van der Waals surface area contributed by atoms with Crippen LogP contribution < -0.4 is 4.74 Å². The highest BCUT2D eigenvalue weighted by molar-refractivity contribution is 5.75. The second-order valence-electron chi connectivity index (χ2n) is 7.87. The van der Waals surface area contributed by atoms with Crippen LogP contribution in [0.15, 0.2) is 53.1 Å². The van der Waals surface area contributed by atoms with Crippen LogP contribution in [0.4, 0.5) is 0 Å². The smallest absolute Gasteiger partial charge is 0.310 e. The first-order chi connectivity index (χ1) is 15.1. The fourth-order valence-corrected chi connectivity index (χ4v) is 3.84. The van der Waals surface area contributed by atoms with Gasteiger partial charge in [0.25, 0.3) is 0 Å². The summed E-state index contributed by atoms with van der Waals surface area (Å²) in [6.45, 7) is 3.28. The second kappa shape index (κ2) is 9.31. The van der Waals surface area contributed by atoms with Gasteiger partial charge in [0.15, 0.2) is 0 Å². The van der Waals surface area contributed by atoms with Crippen LogP contribution in [0.2, 0.25) is 0 Å². The highest BCUT2D eigenvalue weighted by Crippen LogP contribution is 2.34. The lowest BCUT2D eigenvalue weighted by Crippen LogP contribution is -2.39. The summed E-state index contributed by atoms with van der Waals surface area (Å²) < 4.78 is 16.9. The normalized spacial score (nSPS) is 15.5. The maximum Gasteiger partial charge on any atom is 0.310 e. The van der Waals surface area contributed by atoms with E-state index in [-0.39, 0.29) is 0 Å². The first kappa shape index (κ1) is 21.1. The van der Waals surface area contributed by atoms with Crippen molar-refractivity contribution in [3.05, 3.63) is 65.7 Å². The molecule has 7 heteroatoms. The Morgan fingerprint density at radius 3 is 2.61 bits per heavy atom. The number of benzene rings is 1. The number of hydrogen-bond acceptors (Lipinski definition) is 6. The quantitative estimate of drug-likeness (QED) is 0.584. The van der Waals surface area contributed by atoms with Crippen LogP contribution in [0.1, 0.15) is 29.9 Å². The molecule has 4 rings (SSSR count). The minimum Gasteiger partial charge on any atom is -0.481 e. The average Bonchev–Trinajstić information content (AvgIpc) is 3.17. The number of aliphatic carboxylic acids is 1. The fraction of sp³-hybridized carbons (Fsp3) is 0.375. The predicted octanol–water partition coefficient (Wildman–Crippen LogP) is 4.09. The molecular weight excluding hydrogens is 396 g/mol. The number of oxazole rings is 1. The van der Waals surface area contributed by atoms with Crippen molar-refractivity contribution < 1.29 is 23.8 Å². The van der Waals surface area contributed by atoms with Crippen molar-refractivity contribution in [2.75, 3.05) is 19.8 Å². The first-order valence-corrected chi connectivity index (χ1v) is 10.5. The molecule has 0 amide bonds. The molecule has 1 aliphatic heterocycles. The highest BCUT2D eigenvalue weighted by atomic mass is 16.5. The lowest BCUT2D eigenvalue weighted by molar-refractivity contribution is -0.154. The molecule has 0 atom stereocenters. The third-order valence-corrected chi connectivity index (χ3v) is 5.75. The maximum atomic E-state index is 11.8. The number of carboxylic acids is 1. The zero-order chi connectivity index (χ0) is 21.7. The van der Waals surface area contributed by atoms with E-state index in [1.54, 1.807) is 12.3 Å². The standard InChI is InChI=1S/C24H26N2O5/c1-17-20(26-22(31-17)19-5-3-2-4-6-19)9-12-30-21-8-7-18(16-25-21)15-24(23(27)28)10-13-29-14-11-24/h2-8,16H,9-15H2,1H3,(H,27,28). The van der Waals surface area contributed by atoms with Crippen molar-refractivity contribution in [2.45, 2.75) is 32.6 Å². The molecule has 3 heterocycles. The van der Waals surface area contributed by atoms with Gasteiger partial charge in [-0.2, -0.15) is 0 Å². The maximum absolute atomic E-state index is 11.8. The molecule has 1 fully saturated rings. The molecule has 1 N–H and O–H groups in total. The molecule has 31 heavy (non-hydrogen) atoms. The van der Waals surface area contributed by atoms with Gasteiger partial charge in [-0.25, -0.2) is 9.97 Å². The van der Waals surface area contributed by atoms with Gasteiger partial charge < -0.3 is 19.0 Å². The minimum absolute atomic E-state index is 0.421. The summed E-state index contributed by atoms with van der Waals surface area (Å²) in [5.74, 6) is 1.12. The molecule has 0 saturated carbocycles. The third kappa shape index (κ3) is 4.94. The number of aromatic nitrogens is 2. The number of aryl methyl sites for hydroxylation is 1. The van der Waals surface area contributed by atoms with E-state index in [0.717, 1.165) is 22.6 Å². The summed E-state index contributed by atoms with van der Waals surface area (Å²) in [7, 11) is 0. The molecular formula is C24H26N2O5. The van der Waals surface area contributed by atoms with Crippen molar-refractivity contribution in [3.8, 4) is 17.3 Å². The monoisotopic (exact) mass is 422 g/mol. The van der Waals surface area contributed by atoms with E-state index in [1.165, 1.54) is 0 Å². The van der Waals surface area contributed by atoms with E-state index in [9.17, 15) is 9.90 Å². The number of hydrogen-bond donors (Lipinski definition) is 1. The topological polar surface area (TPSA) is 94.7 Å². The van der Waals surface area contributed by atoms with Crippen molar-refractivity contribution in [2.24, 2.45) is 5.41 Å². The molecule has 1 aromatic carbocycles. The van der Waals surface area contributed by atoms with E-state index in [4.69, 9.17) is 13.9 Å². The van der Waals surface area contributed by atoms with E-state index in [0.29, 0.717) is 57.3 Å². The summed E-state index contributed by atoms with van der Waals surface area (Å²) in [5.41, 5.74) is 1.91. The molecule has 0 radical (unpaired) electrons. The molecule has 0 spiro atoms. The Labute approximate surface area is 181 Å². The fourth-order valence-electron chi connectivity index (χ4n) is 3.84. The van der Waals surface area contributed by atoms with Gasteiger partial charge in [0.2, 0.25) is 11.8 Å². The van der Waals surface area contributed by atoms with Crippen LogP contribution in [0.25, 0.3) is 11.5 Å². The highest BCUT2D eigenvalue weighted by Gasteiger charge is 2.40. The Morgan fingerprint density at radius 1 is 1.16 bits per heavy atom. The predicted molar refractivity (Wildman–Crippen MR) is 114 cm³/mol. The third-order valence-electron chi connectivity index (χ3n) is 5.75. The van der Waals surface area contributed by atoms with Gasteiger partial charge in [0, 0.05) is 37.5 Å². The zero-order valence-electron chi connectivity index (χ0n) is 17.5. The summed E-state index contributed by atoms with van der Waals surface area (Å²) >= 11 is 0. The Morgan fingerprint density at radius 2 is 1.94 bits per heavy atom. The van der Waals surface area contributed by atoms with Crippen LogP contribution in [0, 0.1) is 12.3 Å². The molecule has 0 bridgehead atoms. The number of carboxylic acid groups (broad SMARTS) is 1. The number of nitrogens with zero attached hydrogens (tertiary/aromatic N) is 2. The van der Waals surface area contributed by atoms with Gasteiger partial charge >= 0.3 is 5.97 Å². The number of carbonyl (C=O) groups is 1. The Balaban J connectivity index is 1.33. The van der Waals surface area contributed by atoms with Crippen LogP contribution >= 0.6 is 0 Å². The van der Waals surface area contributed by atoms with Crippen molar-refractivity contribution in [3.63, 3.8) is 0 Å². The number of rotatable bonds is 8. The van der Waals surface area contributed by atoms with Gasteiger partial charge in [-0.05, 0) is 43.9 Å². The zero-order valence-corrected chi connectivity index (χ0v) is 17.5. The van der Waals surface area contributed by atoms with Gasteiger partial charge in [0.05, 0.1) is 17.7 Å². The molecule has 1 aliphatic rings. The number of ether oxygens (including phenoxy) is 2. The Hall–Kier alpha value is -3.19. The Bertz CT molecular complexity index is 1010. The lowest BCUT2D eigenvalue weighted by atomic mass is 9.75. The SMILES string of the molecule is Cc1oc(-c2ccccc2)nc1CCOc1ccc(CC2(C(=O)O)CCOCC2)cn1. The molecule has 0 aliphatic carbocycles. The van der Waals surface area contributed by atoms with Crippen molar-refractivity contribution >= 4 is 5.97 Å². The van der Waals surface area contributed by atoms with Gasteiger partial charge in [-0.3, -0.25) is 4.79 Å². The van der Waals surface area contributed by atoms with E-state index in [1.807, 2.05) is 43.3 Å². The van der Waals surface area contributed by atoms with Gasteiger partial charge in [-0.15, -0.1) is 0 Å². The summed E-state index contributed by atoms with van der Waals surface area (Å²) in [6.07, 6.45) is 3.78.